The molecule has 1 fully saturated rings. The summed E-state index contributed by atoms with van der Waals surface area (Å²) < 4.78 is 25.8. The summed E-state index contributed by atoms with van der Waals surface area (Å²) in [5.41, 5.74) is 1.45. The van der Waals surface area contributed by atoms with Crippen LogP contribution in [0, 0.1) is 0 Å². The van der Waals surface area contributed by atoms with Gasteiger partial charge in [0.1, 0.15) is 11.8 Å². The second-order valence-corrected chi connectivity index (χ2v) is 7.47. The zero-order valence-corrected chi connectivity index (χ0v) is 11.5. The predicted octanol–water partition coefficient (Wildman–Crippen LogP) is 0.696. The van der Waals surface area contributed by atoms with Gasteiger partial charge in [0.15, 0.2) is 0 Å². The van der Waals surface area contributed by atoms with Crippen molar-refractivity contribution < 1.29 is 23.4 Å². The Labute approximate surface area is 116 Å². The molecule has 1 aliphatic heterocycles. The van der Waals surface area contributed by atoms with Gasteiger partial charge in [0.25, 0.3) is 0 Å². The summed E-state index contributed by atoms with van der Waals surface area (Å²) in [4.78, 5) is 11.4. The minimum atomic E-state index is -3.57. The topological polar surface area (TPSA) is 94.9 Å². The van der Waals surface area contributed by atoms with E-state index in [9.17, 15) is 23.4 Å². The first kappa shape index (κ1) is 13.4. The number of rotatable bonds is 3. The van der Waals surface area contributed by atoms with Gasteiger partial charge < -0.3 is 10.2 Å². The van der Waals surface area contributed by atoms with E-state index in [1.165, 1.54) is 12.1 Å². The second-order valence-electron chi connectivity index (χ2n) is 5.30. The molecule has 7 heteroatoms. The normalized spacial score (nSPS) is 23.3. The van der Waals surface area contributed by atoms with E-state index in [-0.39, 0.29) is 18.7 Å². The van der Waals surface area contributed by atoms with Crippen molar-refractivity contribution in [2.45, 2.75) is 37.1 Å². The molecule has 2 aliphatic rings. The molecule has 0 amide bonds. The summed E-state index contributed by atoms with van der Waals surface area (Å²) in [5, 5.41) is 18.3. The van der Waals surface area contributed by atoms with E-state index < -0.39 is 27.3 Å². The van der Waals surface area contributed by atoms with Crippen molar-refractivity contribution in [3.63, 3.8) is 0 Å². The summed E-state index contributed by atoms with van der Waals surface area (Å²) in [6.07, 6.45) is 1.33. The number of hydrogen-bond acceptors (Lipinski definition) is 4. The molecule has 20 heavy (non-hydrogen) atoms. The zero-order chi connectivity index (χ0) is 14.5. The Balaban J connectivity index is 2.02. The second kappa shape index (κ2) is 4.46. The highest BCUT2D eigenvalue weighted by atomic mass is 32.2. The van der Waals surface area contributed by atoms with Crippen molar-refractivity contribution in [3.8, 4) is 5.75 Å². The van der Waals surface area contributed by atoms with Crippen LogP contribution < -0.4 is 0 Å². The van der Waals surface area contributed by atoms with E-state index in [2.05, 4.69) is 0 Å². The highest BCUT2D eigenvalue weighted by Gasteiger charge is 2.46. The maximum absolute atomic E-state index is 12.4. The molecular formula is C13H15NO5S. The molecule has 6 nitrogen and oxygen atoms in total. The van der Waals surface area contributed by atoms with Gasteiger partial charge in [-0.1, -0.05) is 6.07 Å². The first-order valence-electron chi connectivity index (χ1n) is 6.44. The van der Waals surface area contributed by atoms with E-state index in [1.807, 2.05) is 0 Å². The first-order chi connectivity index (χ1) is 9.39. The van der Waals surface area contributed by atoms with E-state index in [4.69, 9.17) is 0 Å². The fourth-order valence-electron chi connectivity index (χ4n) is 2.58. The number of aromatic hydroxyl groups is 1. The molecule has 0 saturated heterocycles. The Morgan fingerprint density at radius 2 is 1.95 bits per heavy atom. The molecule has 1 atom stereocenters. The third-order valence-electron chi connectivity index (χ3n) is 3.83. The molecule has 108 valence electrons. The van der Waals surface area contributed by atoms with Crippen LogP contribution in [0.5, 0.6) is 5.75 Å². The van der Waals surface area contributed by atoms with Crippen LogP contribution in [0.25, 0.3) is 0 Å². The quantitative estimate of drug-likeness (QED) is 0.856. The van der Waals surface area contributed by atoms with E-state index in [0.717, 1.165) is 9.87 Å². The molecule has 1 aromatic carbocycles. The summed E-state index contributed by atoms with van der Waals surface area (Å²) in [6, 6.07) is 3.59. The molecule has 1 heterocycles. The van der Waals surface area contributed by atoms with E-state index in [1.54, 1.807) is 6.07 Å². The molecule has 0 aromatic heterocycles. The Bertz CT molecular complexity index is 665. The van der Waals surface area contributed by atoms with Crippen LogP contribution in [-0.2, 0) is 27.8 Å². The summed E-state index contributed by atoms with van der Waals surface area (Å²) in [5.74, 6) is -1.07. The molecule has 0 radical (unpaired) electrons. The Morgan fingerprint density at radius 3 is 2.55 bits per heavy atom. The molecule has 0 bridgehead atoms. The van der Waals surface area contributed by atoms with Gasteiger partial charge in [0, 0.05) is 13.0 Å². The maximum Gasteiger partial charge on any atom is 0.322 e. The van der Waals surface area contributed by atoms with Gasteiger partial charge in [-0.05, 0) is 36.1 Å². The highest BCUT2D eigenvalue weighted by molar-refractivity contribution is 7.90. The van der Waals surface area contributed by atoms with Gasteiger partial charge in [0.05, 0.1) is 5.25 Å². The number of phenolic OH excluding ortho intramolecular Hbond substituents is 1. The molecular weight excluding hydrogens is 282 g/mol. The third-order valence-corrected chi connectivity index (χ3v) is 6.19. The highest BCUT2D eigenvalue weighted by Crippen LogP contribution is 2.36. The van der Waals surface area contributed by atoms with Crippen LogP contribution >= 0.6 is 0 Å². The van der Waals surface area contributed by atoms with Crippen molar-refractivity contribution in [3.05, 3.63) is 29.3 Å². The fourth-order valence-corrected chi connectivity index (χ4v) is 4.54. The molecule has 0 unspecified atom stereocenters. The van der Waals surface area contributed by atoms with Crippen molar-refractivity contribution in [2.75, 3.05) is 0 Å². The van der Waals surface area contributed by atoms with Crippen LogP contribution in [0.4, 0.5) is 0 Å². The Morgan fingerprint density at radius 1 is 1.25 bits per heavy atom. The molecule has 1 aromatic rings. The Kier molecular flexibility index (Phi) is 2.98. The van der Waals surface area contributed by atoms with Crippen molar-refractivity contribution in [1.82, 2.24) is 4.31 Å². The summed E-state index contributed by atoms with van der Waals surface area (Å²) >= 11 is 0. The van der Waals surface area contributed by atoms with Crippen molar-refractivity contribution in [2.24, 2.45) is 0 Å². The van der Waals surface area contributed by atoms with Gasteiger partial charge >= 0.3 is 5.97 Å². The minimum absolute atomic E-state index is 0.0134. The van der Waals surface area contributed by atoms with Crippen molar-refractivity contribution in [1.29, 1.82) is 0 Å². The van der Waals surface area contributed by atoms with Crippen LogP contribution in [-0.4, -0.2) is 40.2 Å². The van der Waals surface area contributed by atoms with Crippen LogP contribution in [0.1, 0.15) is 24.0 Å². The predicted molar refractivity (Wildman–Crippen MR) is 70.7 cm³/mol. The number of hydrogen-bond donors (Lipinski definition) is 2. The lowest BCUT2D eigenvalue weighted by molar-refractivity contribution is -0.141. The average Bonchev–Trinajstić information content (AvgIpc) is 3.21. The largest absolute Gasteiger partial charge is 0.508 e. The van der Waals surface area contributed by atoms with Gasteiger partial charge in [-0.25, -0.2) is 8.42 Å². The number of fused-ring (bicyclic) bond motifs is 1. The Hall–Kier alpha value is -1.60. The van der Waals surface area contributed by atoms with Crippen LogP contribution in [0.2, 0.25) is 0 Å². The molecule has 0 spiro atoms. The van der Waals surface area contributed by atoms with Gasteiger partial charge in [-0.2, -0.15) is 4.31 Å². The molecule has 1 saturated carbocycles. The number of phenols is 1. The lowest BCUT2D eigenvalue weighted by Gasteiger charge is -2.33. The average molecular weight is 297 g/mol. The van der Waals surface area contributed by atoms with E-state index >= 15 is 0 Å². The lowest BCUT2D eigenvalue weighted by atomic mass is 9.95. The minimum Gasteiger partial charge on any atom is -0.508 e. The SMILES string of the molecule is O=C(O)[C@H]1Cc2ccc(O)cc2CN1S(=O)(=O)C1CC1. The maximum atomic E-state index is 12.4. The lowest BCUT2D eigenvalue weighted by Crippen LogP contribution is -2.49. The number of benzene rings is 1. The fraction of sp³-hybridized carbons (Fsp3) is 0.462. The van der Waals surface area contributed by atoms with Gasteiger partial charge in [-0.3, -0.25) is 4.79 Å². The van der Waals surface area contributed by atoms with E-state index in [0.29, 0.717) is 18.4 Å². The number of sulfonamides is 1. The zero-order valence-electron chi connectivity index (χ0n) is 10.7. The third kappa shape index (κ3) is 2.16. The van der Waals surface area contributed by atoms with Crippen LogP contribution in [0.15, 0.2) is 18.2 Å². The smallest absolute Gasteiger partial charge is 0.322 e. The number of carbonyl (C=O) groups is 1. The first-order valence-corrected chi connectivity index (χ1v) is 7.94. The van der Waals surface area contributed by atoms with Crippen molar-refractivity contribution >= 4 is 16.0 Å². The number of aliphatic carboxylic acids is 1. The summed E-state index contributed by atoms with van der Waals surface area (Å²) in [6.45, 7) is 0.0134. The van der Waals surface area contributed by atoms with Gasteiger partial charge in [0.2, 0.25) is 10.0 Å². The number of nitrogens with zero attached hydrogens (tertiary/aromatic N) is 1. The van der Waals surface area contributed by atoms with Crippen LogP contribution in [0.3, 0.4) is 0 Å². The molecule has 3 rings (SSSR count). The number of carboxylic acid groups (broad SMARTS) is 1. The molecule has 1 aliphatic carbocycles. The number of carboxylic acids is 1. The molecule has 2 N–H and O–H groups in total. The summed E-state index contributed by atoms with van der Waals surface area (Å²) in [7, 11) is -3.57. The standard InChI is InChI=1S/C13H15NO5S/c15-10-2-1-8-6-12(13(16)17)14(7-9(8)5-10)20(18,19)11-3-4-11/h1-2,5,11-12,15H,3-4,6-7H2,(H,16,17)/t12-/m1/s1. The monoisotopic (exact) mass is 297 g/mol. The van der Waals surface area contributed by atoms with Gasteiger partial charge in [-0.15, -0.1) is 0 Å².